The molecule has 0 aliphatic rings. The number of aliphatic hydroxyl groups is 1. The third-order valence-electron chi connectivity index (χ3n) is 4.27. The van der Waals surface area contributed by atoms with Gasteiger partial charge in [0, 0.05) is 24.5 Å². The minimum atomic E-state index is -0.385. The van der Waals surface area contributed by atoms with E-state index >= 15 is 0 Å². The van der Waals surface area contributed by atoms with Crippen LogP contribution in [0, 0.1) is 0 Å². The number of carbonyl (C=O) groups is 1. The van der Waals surface area contributed by atoms with Crippen molar-refractivity contribution in [3.05, 3.63) is 66.4 Å². The van der Waals surface area contributed by atoms with Gasteiger partial charge in [-0.3, -0.25) is 4.79 Å². The third kappa shape index (κ3) is 3.83. The number of aromatic nitrogens is 1. The lowest BCUT2D eigenvalue weighted by molar-refractivity contribution is -0.122. The molecule has 0 spiro atoms. The van der Waals surface area contributed by atoms with Crippen LogP contribution in [0.2, 0.25) is 0 Å². The highest BCUT2D eigenvalue weighted by molar-refractivity contribution is 5.86. The summed E-state index contributed by atoms with van der Waals surface area (Å²) in [7, 11) is 1.64. The van der Waals surface area contributed by atoms with E-state index in [4.69, 9.17) is 4.74 Å². The molecule has 3 aromatic rings. The summed E-state index contributed by atoms with van der Waals surface area (Å²) in [5, 5.41) is 13.5. The van der Waals surface area contributed by atoms with Crippen LogP contribution in [0.1, 0.15) is 18.0 Å². The second-order valence-electron chi connectivity index (χ2n) is 5.87. The zero-order valence-electron chi connectivity index (χ0n) is 14.2. The van der Waals surface area contributed by atoms with E-state index in [1.807, 2.05) is 65.4 Å². The third-order valence-corrected chi connectivity index (χ3v) is 4.27. The van der Waals surface area contributed by atoms with Crippen molar-refractivity contribution < 1.29 is 14.6 Å². The predicted octanol–water partition coefficient (Wildman–Crippen LogP) is 2.89. The van der Waals surface area contributed by atoms with Gasteiger partial charge < -0.3 is 19.7 Å². The standard InChI is InChI=1S/C20H22N2O3/c1-25-18-9-5-8-16-10-12-22(20(16)18)13-11-19(24)21-17(14-23)15-6-3-2-4-7-15/h2-10,12,17,23H,11,13-14H2,1H3,(H,21,24)/t17-/m0/s1. The van der Waals surface area contributed by atoms with Crippen LogP contribution in [0.3, 0.4) is 0 Å². The van der Waals surface area contributed by atoms with Gasteiger partial charge in [-0.1, -0.05) is 42.5 Å². The SMILES string of the molecule is COc1cccc2ccn(CCC(=O)N[C@@H](CO)c3ccccc3)c12. The van der Waals surface area contributed by atoms with Gasteiger partial charge in [-0.2, -0.15) is 0 Å². The molecule has 25 heavy (non-hydrogen) atoms. The van der Waals surface area contributed by atoms with Crippen molar-refractivity contribution >= 4 is 16.8 Å². The Bertz CT molecular complexity index is 843. The second kappa shape index (κ2) is 7.85. The Hall–Kier alpha value is -2.79. The van der Waals surface area contributed by atoms with Crippen LogP contribution >= 0.6 is 0 Å². The van der Waals surface area contributed by atoms with Crippen LogP contribution < -0.4 is 10.1 Å². The van der Waals surface area contributed by atoms with E-state index in [1.165, 1.54) is 0 Å². The molecule has 0 aliphatic carbocycles. The molecule has 0 saturated carbocycles. The smallest absolute Gasteiger partial charge is 0.222 e. The van der Waals surface area contributed by atoms with Gasteiger partial charge in [0.25, 0.3) is 0 Å². The van der Waals surface area contributed by atoms with Crippen molar-refractivity contribution in [1.82, 2.24) is 9.88 Å². The van der Waals surface area contributed by atoms with E-state index in [0.717, 1.165) is 22.2 Å². The Morgan fingerprint density at radius 3 is 2.68 bits per heavy atom. The van der Waals surface area contributed by atoms with Gasteiger partial charge >= 0.3 is 0 Å². The molecule has 5 heteroatoms. The van der Waals surface area contributed by atoms with Crippen molar-refractivity contribution in [3.63, 3.8) is 0 Å². The van der Waals surface area contributed by atoms with Gasteiger partial charge in [0.05, 0.1) is 25.3 Å². The molecule has 1 aromatic heterocycles. The topological polar surface area (TPSA) is 63.5 Å². The predicted molar refractivity (Wildman–Crippen MR) is 97.5 cm³/mol. The minimum Gasteiger partial charge on any atom is -0.495 e. The Labute approximate surface area is 146 Å². The number of methoxy groups -OCH3 is 1. The number of amides is 1. The molecule has 1 amide bonds. The first kappa shape index (κ1) is 17.0. The fourth-order valence-corrected chi connectivity index (χ4v) is 2.99. The number of aryl methyl sites for hydroxylation is 1. The average Bonchev–Trinajstić information content (AvgIpc) is 3.08. The van der Waals surface area contributed by atoms with Crippen LogP contribution in [0.5, 0.6) is 5.75 Å². The van der Waals surface area contributed by atoms with Gasteiger partial charge in [-0.05, 0) is 17.7 Å². The molecule has 0 radical (unpaired) electrons. The highest BCUT2D eigenvalue weighted by Crippen LogP contribution is 2.26. The quantitative estimate of drug-likeness (QED) is 0.696. The highest BCUT2D eigenvalue weighted by atomic mass is 16.5. The molecule has 0 saturated heterocycles. The van der Waals surface area contributed by atoms with Crippen LogP contribution in [-0.2, 0) is 11.3 Å². The molecule has 3 rings (SSSR count). The number of hydrogen-bond acceptors (Lipinski definition) is 3. The van der Waals surface area contributed by atoms with Gasteiger partial charge in [0.2, 0.25) is 5.91 Å². The number of hydrogen-bond donors (Lipinski definition) is 2. The lowest BCUT2D eigenvalue weighted by Gasteiger charge is -2.17. The number of aliphatic hydroxyl groups excluding tert-OH is 1. The summed E-state index contributed by atoms with van der Waals surface area (Å²) in [6.45, 7) is 0.415. The number of carbonyl (C=O) groups excluding carboxylic acids is 1. The number of nitrogens with zero attached hydrogens (tertiary/aromatic N) is 1. The average molecular weight is 338 g/mol. The van der Waals surface area contributed by atoms with Gasteiger partial charge in [-0.15, -0.1) is 0 Å². The fourth-order valence-electron chi connectivity index (χ4n) is 2.99. The molecule has 0 unspecified atom stereocenters. The first-order valence-electron chi connectivity index (χ1n) is 8.30. The van der Waals surface area contributed by atoms with Crippen LogP contribution in [0.15, 0.2) is 60.8 Å². The van der Waals surface area contributed by atoms with E-state index in [9.17, 15) is 9.90 Å². The van der Waals surface area contributed by atoms with Gasteiger partial charge in [-0.25, -0.2) is 0 Å². The normalized spacial score (nSPS) is 12.1. The van der Waals surface area contributed by atoms with Crippen LogP contribution in [-0.4, -0.2) is 29.3 Å². The van der Waals surface area contributed by atoms with E-state index in [-0.39, 0.29) is 18.6 Å². The van der Waals surface area contributed by atoms with Crippen molar-refractivity contribution in [1.29, 1.82) is 0 Å². The Morgan fingerprint density at radius 1 is 1.16 bits per heavy atom. The molecule has 1 atom stereocenters. The number of rotatable bonds is 7. The Morgan fingerprint density at radius 2 is 1.96 bits per heavy atom. The molecule has 1 heterocycles. The van der Waals surface area contributed by atoms with Crippen molar-refractivity contribution in [2.75, 3.05) is 13.7 Å². The highest BCUT2D eigenvalue weighted by Gasteiger charge is 2.14. The molecule has 2 N–H and O–H groups in total. The first-order chi connectivity index (χ1) is 12.2. The molecule has 2 aromatic carbocycles. The summed E-state index contributed by atoms with van der Waals surface area (Å²) in [5.74, 6) is 0.695. The molecule has 5 nitrogen and oxygen atoms in total. The summed E-state index contributed by atoms with van der Waals surface area (Å²) in [4.78, 5) is 12.3. The zero-order valence-corrected chi connectivity index (χ0v) is 14.2. The Balaban J connectivity index is 1.66. The van der Waals surface area contributed by atoms with E-state index in [0.29, 0.717) is 13.0 Å². The number of nitrogens with one attached hydrogen (secondary N) is 1. The lowest BCUT2D eigenvalue weighted by Crippen LogP contribution is -2.31. The van der Waals surface area contributed by atoms with Crippen molar-refractivity contribution in [2.24, 2.45) is 0 Å². The number of fused-ring (bicyclic) bond motifs is 1. The van der Waals surface area contributed by atoms with E-state index in [1.54, 1.807) is 7.11 Å². The van der Waals surface area contributed by atoms with E-state index < -0.39 is 0 Å². The number of benzene rings is 2. The summed E-state index contributed by atoms with van der Waals surface area (Å²) >= 11 is 0. The summed E-state index contributed by atoms with van der Waals surface area (Å²) in [6.07, 6.45) is 2.28. The summed E-state index contributed by atoms with van der Waals surface area (Å²) in [5.41, 5.74) is 1.88. The second-order valence-corrected chi connectivity index (χ2v) is 5.87. The Kier molecular flexibility index (Phi) is 5.36. The molecular weight excluding hydrogens is 316 g/mol. The largest absolute Gasteiger partial charge is 0.495 e. The molecular formula is C20H22N2O3. The monoisotopic (exact) mass is 338 g/mol. The molecule has 0 aliphatic heterocycles. The first-order valence-corrected chi connectivity index (χ1v) is 8.30. The van der Waals surface area contributed by atoms with Gasteiger partial charge in [0.15, 0.2) is 0 Å². The number of ether oxygens (including phenoxy) is 1. The van der Waals surface area contributed by atoms with Crippen molar-refractivity contribution in [3.8, 4) is 5.75 Å². The van der Waals surface area contributed by atoms with E-state index in [2.05, 4.69) is 5.32 Å². The maximum absolute atomic E-state index is 12.3. The van der Waals surface area contributed by atoms with Gasteiger partial charge in [0.1, 0.15) is 5.75 Å². The fraction of sp³-hybridized carbons (Fsp3) is 0.250. The number of para-hydroxylation sites is 1. The minimum absolute atomic E-state index is 0.0975. The van der Waals surface area contributed by atoms with Crippen LogP contribution in [0.25, 0.3) is 10.9 Å². The summed E-state index contributed by atoms with van der Waals surface area (Å²) < 4.78 is 7.44. The maximum Gasteiger partial charge on any atom is 0.222 e. The molecule has 0 bridgehead atoms. The van der Waals surface area contributed by atoms with Crippen molar-refractivity contribution in [2.45, 2.75) is 19.0 Å². The zero-order chi connectivity index (χ0) is 17.6. The lowest BCUT2D eigenvalue weighted by atomic mass is 10.1. The van der Waals surface area contributed by atoms with Crippen LogP contribution in [0.4, 0.5) is 0 Å². The molecule has 0 fully saturated rings. The molecule has 130 valence electrons. The summed E-state index contributed by atoms with van der Waals surface area (Å²) in [6, 6.07) is 17.0. The maximum atomic E-state index is 12.3.